The summed E-state index contributed by atoms with van der Waals surface area (Å²) in [5.74, 6) is 2.16. The van der Waals surface area contributed by atoms with E-state index in [0.29, 0.717) is 12.2 Å². The molecule has 2 rings (SSSR count). The van der Waals surface area contributed by atoms with E-state index in [1.54, 1.807) is 0 Å². The Morgan fingerprint density at radius 3 is 2.52 bits per heavy atom. The lowest BCUT2D eigenvalue weighted by Crippen LogP contribution is -2.44. The first-order valence-corrected chi connectivity index (χ1v) is 11.3. The largest absolute Gasteiger partial charge is 0.357 e. The summed E-state index contributed by atoms with van der Waals surface area (Å²) in [5.41, 5.74) is 0. The van der Waals surface area contributed by atoms with Crippen LogP contribution in [0.2, 0.25) is 0 Å². The maximum atomic E-state index is 11.5. The summed E-state index contributed by atoms with van der Waals surface area (Å²) in [7, 11) is -2.85. The molecule has 0 aromatic carbocycles. The van der Waals surface area contributed by atoms with Gasteiger partial charge in [-0.1, -0.05) is 6.92 Å². The maximum absolute atomic E-state index is 11.5. The van der Waals surface area contributed by atoms with Gasteiger partial charge in [-0.15, -0.1) is 24.0 Å². The van der Waals surface area contributed by atoms with Gasteiger partial charge in [-0.2, -0.15) is 0 Å². The van der Waals surface area contributed by atoms with Crippen molar-refractivity contribution in [2.24, 2.45) is 10.9 Å². The predicted molar refractivity (Wildman–Crippen MR) is 116 cm³/mol. The molecule has 1 atom stereocenters. The van der Waals surface area contributed by atoms with E-state index >= 15 is 0 Å². The zero-order valence-electron chi connectivity index (χ0n) is 15.7. The molecular formula is C17H35IN4O2S. The number of halogens is 1. The molecule has 0 aromatic rings. The van der Waals surface area contributed by atoms with Crippen molar-refractivity contribution in [2.75, 3.05) is 44.2 Å². The summed E-state index contributed by atoms with van der Waals surface area (Å²) >= 11 is 0. The average Bonchev–Trinajstić information content (AvgIpc) is 2.88. The van der Waals surface area contributed by atoms with Gasteiger partial charge in [0, 0.05) is 19.1 Å². The van der Waals surface area contributed by atoms with E-state index in [0.717, 1.165) is 31.4 Å². The molecule has 0 amide bonds. The van der Waals surface area contributed by atoms with Crippen molar-refractivity contribution < 1.29 is 8.42 Å². The first-order chi connectivity index (χ1) is 11.5. The molecule has 6 nitrogen and oxygen atoms in total. The smallest absolute Gasteiger partial charge is 0.191 e. The van der Waals surface area contributed by atoms with E-state index in [2.05, 4.69) is 27.4 Å². The molecule has 2 N–H and O–H groups in total. The second kappa shape index (κ2) is 11.6. The number of guanidine groups is 1. The van der Waals surface area contributed by atoms with Gasteiger partial charge in [-0.25, -0.2) is 8.42 Å². The first kappa shape index (κ1) is 23.0. The van der Waals surface area contributed by atoms with Crippen LogP contribution in [0.3, 0.4) is 0 Å². The van der Waals surface area contributed by atoms with Crippen molar-refractivity contribution in [1.82, 2.24) is 15.5 Å². The summed E-state index contributed by atoms with van der Waals surface area (Å²) in [6.07, 6.45) is 5.59. The zero-order valence-corrected chi connectivity index (χ0v) is 18.8. The van der Waals surface area contributed by atoms with Crippen LogP contribution in [0.25, 0.3) is 0 Å². The van der Waals surface area contributed by atoms with Crippen LogP contribution in [0.15, 0.2) is 4.99 Å². The van der Waals surface area contributed by atoms with E-state index in [1.165, 1.54) is 38.9 Å². The van der Waals surface area contributed by atoms with Crippen LogP contribution in [0.4, 0.5) is 0 Å². The topological polar surface area (TPSA) is 73.8 Å². The van der Waals surface area contributed by atoms with Gasteiger partial charge >= 0.3 is 0 Å². The highest BCUT2D eigenvalue weighted by atomic mass is 127. The highest BCUT2D eigenvalue weighted by Gasteiger charge is 2.28. The summed E-state index contributed by atoms with van der Waals surface area (Å²) in [6.45, 7) is 9.61. The molecule has 148 valence electrons. The third-order valence-corrected chi connectivity index (χ3v) is 6.71. The van der Waals surface area contributed by atoms with Crippen molar-refractivity contribution in [3.63, 3.8) is 0 Å². The van der Waals surface area contributed by atoms with Crippen molar-refractivity contribution in [3.8, 4) is 0 Å². The van der Waals surface area contributed by atoms with Crippen LogP contribution in [-0.4, -0.2) is 69.5 Å². The Balaban J connectivity index is 0.00000312. The Bertz CT molecular complexity index is 505. The van der Waals surface area contributed by atoms with E-state index in [9.17, 15) is 8.42 Å². The lowest BCUT2D eigenvalue weighted by atomic mass is 9.99. The minimum Gasteiger partial charge on any atom is -0.357 e. The molecule has 25 heavy (non-hydrogen) atoms. The van der Waals surface area contributed by atoms with Crippen molar-refractivity contribution in [3.05, 3.63) is 0 Å². The van der Waals surface area contributed by atoms with Crippen LogP contribution in [0.5, 0.6) is 0 Å². The molecule has 1 unspecified atom stereocenters. The quantitative estimate of drug-likeness (QED) is 0.249. The molecule has 0 saturated carbocycles. The molecule has 2 fully saturated rings. The van der Waals surface area contributed by atoms with E-state index < -0.39 is 9.84 Å². The van der Waals surface area contributed by atoms with Gasteiger partial charge in [0.1, 0.15) is 0 Å². The molecule has 0 bridgehead atoms. The Morgan fingerprint density at radius 2 is 1.92 bits per heavy atom. The Hall–Kier alpha value is -0.0900. The fourth-order valence-corrected chi connectivity index (χ4v) is 5.02. The summed E-state index contributed by atoms with van der Waals surface area (Å²) in [4.78, 5) is 7.17. The number of hydrogen-bond acceptors (Lipinski definition) is 4. The van der Waals surface area contributed by atoms with Gasteiger partial charge in [0.2, 0.25) is 0 Å². The van der Waals surface area contributed by atoms with Crippen LogP contribution >= 0.6 is 24.0 Å². The second-order valence-electron chi connectivity index (χ2n) is 7.24. The van der Waals surface area contributed by atoms with Crippen molar-refractivity contribution >= 4 is 39.8 Å². The Labute approximate surface area is 170 Å². The molecule has 2 aliphatic rings. The molecule has 0 aromatic heterocycles. The fourth-order valence-electron chi connectivity index (χ4n) is 3.35. The molecule has 2 saturated heterocycles. The molecule has 2 aliphatic heterocycles. The van der Waals surface area contributed by atoms with Crippen LogP contribution in [0, 0.1) is 5.92 Å². The van der Waals surface area contributed by atoms with Gasteiger partial charge in [-0.05, 0) is 64.6 Å². The first-order valence-electron chi connectivity index (χ1n) is 9.46. The average molecular weight is 486 g/mol. The number of hydrogen-bond donors (Lipinski definition) is 2. The van der Waals surface area contributed by atoms with Crippen LogP contribution < -0.4 is 10.6 Å². The van der Waals surface area contributed by atoms with Crippen LogP contribution in [-0.2, 0) is 9.84 Å². The van der Waals surface area contributed by atoms with Crippen molar-refractivity contribution in [2.45, 2.75) is 52.0 Å². The van der Waals surface area contributed by atoms with Gasteiger partial charge in [0.25, 0.3) is 0 Å². The number of likely N-dealkylation sites (tertiary alicyclic amines) is 1. The number of sulfone groups is 1. The molecule has 0 spiro atoms. The maximum Gasteiger partial charge on any atom is 0.191 e. The number of unbranched alkanes of at least 4 members (excludes halogenated alkanes) is 1. The number of rotatable bonds is 7. The minimum atomic E-state index is -2.85. The third-order valence-electron chi connectivity index (χ3n) is 4.95. The molecule has 8 heteroatoms. The van der Waals surface area contributed by atoms with Gasteiger partial charge in [-0.3, -0.25) is 4.99 Å². The van der Waals surface area contributed by atoms with Gasteiger partial charge in [0.15, 0.2) is 15.8 Å². The molecule has 0 aliphatic carbocycles. The monoisotopic (exact) mass is 486 g/mol. The SMILES string of the molecule is CCNC(=NCCCCN1CCC(C)CC1)NC1CCS(=O)(=O)C1.I. The fraction of sp³-hybridized carbons (Fsp3) is 0.941. The Kier molecular flexibility index (Phi) is 10.6. The van der Waals surface area contributed by atoms with Crippen molar-refractivity contribution in [1.29, 1.82) is 0 Å². The summed E-state index contributed by atoms with van der Waals surface area (Å²) in [5, 5.41) is 6.48. The molecule has 0 radical (unpaired) electrons. The highest BCUT2D eigenvalue weighted by Crippen LogP contribution is 2.16. The molecular weight excluding hydrogens is 451 g/mol. The van der Waals surface area contributed by atoms with Gasteiger partial charge < -0.3 is 15.5 Å². The highest BCUT2D eigenvalue weighted by molar-refractivity contribution is 14.0. The van der Waals surface area contributed by atoms with Crippen LogP contribution in [0.1, 0.15) is 46.0 Å². The third kappa shape index (κ3) is 8.90. The molecule has 2 heterocycles. The lowest BCUT2D eigenvalue weighted by Gasteiger charge is -2.30. The second-order valence-corrected chi connectivity index (χ2v) is 9.46. The van der Waals surface area contributed by atoms with E-state index in [4.69, 9.17) is 0 Å². The standard InChI is InChI=1S/C17H34N4O2S.HI/c1-3-18-17(20-16-8-13-24(22,23)14-16)19-9-4-5-10-21-11-6-15(2)7-12-21;/h15-16H,3-14H2,1-2H3,(H2,18,19,20);1H. The van der Waals surface area contributed by atoms with Gasteiger partial charge in [0.05, 0.1) is 11.5 Å². The minimum absolute atomic E-state index is 0. The predicted octanol–water partition coefficient (Wildman–Crippen LogP) is 1.86. The summed E-state index contributed by atoms with van der Waals surface area (Å²) < 4.78 is 23.1. The number of aliphatic imine (C=N–C) groups is 1. The summed E-state index contributed by atoms with van der Waals surface area (Å²) in [6, 6.07) is 0.00291. The number of nitrogens with one attached hydrogen (secondary N) is 2. The number of piperidine rings is 1. The normalized spacial score (nSPS) is 24.7. The Morgan fingerprint density at radius 1 is 1.20 bits per heavy atom. The van der Waals surface area contributed by atoms with E-state index in [1.807, 2.05) is 6.92 Å². The van der Waals surface area contributed by atoms with E-state index in [-0.39, 0.29) is 35.8 Å². The lowest BCUT2D eigenvalue weighted by molar-refractivity contribution is 0.190. The zero-order chi connectivity index (χ0) is 17.4. The number of nitrogens with zero attached hydrogens (tertiary/aromatic N) is 2.